The number of anilines is 1. The molecule has 1 aliphatic carbocycles. The molecule has 5 rings (SSSR count). The summed E-state index contributed by atoms with van der Waals surface area (Å²) in [5.41, 5.74) is 2.13. The fourth-order valence-corrected chi connectivity index (χ4v) is 4.44. The number of rotatable bonds is 5. The lowest BCUT2D eigenvalue weighted by Gasteiger charge is -2.35. The maximum absolute atomic E-state index is 12.4. The molecule has 0 spiro atoms. The Labute approximate surface area is 179 Å². The number of aromatic nitrogens is 2. The zero-order valence-corrected chi connectivity index (χ0v) is 17.6. The van der Waals surface area contributed by atoms with E-state index in [2.05, 4.69) is 27.2 Å². The predicted octanol–water partition coefficient (Wildman–Crippen LogP) is 4.43. The van der Waals surface area contributed by atoms with E-state index < -0.39 is 0 Å². The number of nitrogens with zero attached hydrogens (tertiary/aromatic N) is 4. The van der Waals surface area contributed by atoms with E-state index in [1.54, 1.807) is 17.4 Å². The molecule has 1 aromatic carbocycles. The van der Waals surface area contributed by atoms with E-state index >= 15 is 0 Å². The summed E-state index contributed by atoms with van der Waals surface area (Å²) in [5, 5.41) is 6.16. The number of piperazine rings is 1. The Morgan fingerprint density at radius 3 is 2.57 bits per heavy atom. The van der Waals surface area contributed by atoms with Crippen molar-refractivity contribution in [2.24, 2.45) is 0 Å². The highest BCUT2D eigenvalue weighted by Crippen LogP contribution is 2.36. The van der Waals surface area contributed by atoms with Crippen molar-refractivity contribution >= 4 is 29.0 Å². The summed E-state index contributed by atoms with van der Waals surface area (Å²) in [7, 11) is 0. The van der Waals surface area contributed by atoms with E-state index in [4.69, 9.17) is 4.52 Å². The molecular formula is C23H24N4O2S. The fraction of sp³-hybridized carbons (Fsp3) is 0.348. The Kier molecular flexibility index (Phi) is 5.36. The minimum absolute atomic E-state index is 0.0813. The summed E-state index contributed by atoms with van der Waals surface area (Å²) in [6.07, 6.45) is 7.13. The van der Waals surface area contributed by atoms with Crippen LogP contribution < -0.4 is 4.90 Å². The first-order valence-electron chi connectivity index (χ1n) is 10.5. The van der Waals surface area contributed by atoms with Gasteiger partial charge in [0, 0.05) is 54.3 Å². The third kappa shape index (κ3) is 4.03. The normalized spacial score (nSPS) is 17.5. The van der Waals surface area contributed by atoms with Crippen molar-refractivity contribution < 1.29 is 9.32 Å². The van der Waals surface area contributed by atoms with Gasteiger partial charge < -0.3 is 14.3 Å². The van der Waals surface area contributed by atoms with Crippen molar-refractivity contribution in [3.8, 4) is 11.4 Å². The average molecular weight is 421 g/mol. The number of carbonyl (C=O) groups is 1. The number of hydrogen-bond donors (Lipinski definition) is 0. The first kappa shape index (κ1) is 19.1. The molecule has 0 radical (unpaired) electrons. The summed E-state index contributed by atoms with van der Waals surface area (Å²) in [5.74, 6) is 1.97. The number of benzene rings is 1. The molecule has 2 aliphatic rings. The van der Waals surface area contributed by atoms with E-state index in [-0.39, 0.29) is 5.91 Å². The summed E-state index contributed by atoms with van der Waals surface area (Å²) in [6, 6.07) is 12.3. The minimum Gasteiger partial charge on any atom is -0.368 e. The fourth-order valence-electron chi connectivity index (χ4n) is 3.82. The second kappa shape index (κ2) is 8.44. The van der Waals surface area contributed by atoms with Crippen LogP contribution in [0.3, 0.4) is 0 Å². The standard InChI is InChI=1S/C23H24N4O2S/c28-21(11-10-20-5-2-16-30-20)27-14-12-26(13-15-27)19-8-6-17(7-9-19)22-24-23(29-25-22)18-3-1-4-18/h2,5-11,16,18H,1,3-4,12-15H2/b11-10+. The first-order chi connectivity index (χ1) is 14.8. The second-order valence-electron chi connectivity index (χ2n) is 7.79. The number of thiophene rings is 1. The lowest BCUT2D eigenvalue weighted by Crippen LogP contribution is -2.48. The molecule has 154 valence electrons. The molecule has 7 heteroatoms. The quantitative estimate of drug-likeness (QED) is 0.572. The van der Waals surface area contributed by atoms with Gasteiger partial charge in [-0.3, -0.25) is 4.79 Å². The summed E-state index contributed by atoms with van der Waals surface area (Å²) in [6.45, 7) is 3.11. The van der Waals surface area contributed by atoms with E-state index in [1.807, 2.05) is 40.6 Å². The first-order valence-corrected chi connectivity index (χ1v) is 11.3. The van der Waals surface area contributed by atoms with E-state index in [0.717, 1.165) is 61.0 Å². The Bertz CT molecular complexity index is 1010. The van der Waals surface area contributed by atoms with Crippen LogP contribution in [0.15, 0.2) is 52.4 Å². The molecule has 1 amide bonds. The maximum Gasteiger partial charge on any atom is 0.246 e. The van der Waals surface area contributed by atoms with Crippen molar-refractivity contribution in [2.75, 3.05) is 31.1 Å². The molecule has 2 aromatic heterocycles. The van der Waals surface area contributed by atoms with Gasteiger partial charge in [-0.05, 0) is 54.6 Å². The summed E-state index contributed by atoms with van der Waals surface area (Å²) < 4.78 is 5.43. The molecule has 30 heavy (non-hydrogen) atoms. The average Bonchev–Trinajstić information content (AvgIpc) is 3.44. The smallest absolute Gasteiger partial charge is 0.246 e. The van der Waals surface area contributed by atoms with Crippen molar-refractivity contribution in [1.29, 1.82) is 0 Å². The summed E-state index contributed by atoms with van der Waals surface area (Å²) >= 11 is 1.63. The van der Waals surface area contributed by atoms with Gasteiger partial charge in [0.2, 0.25) is 17.6 Å². The number of carbonyl (C=O) groups excluding carboxylic acids is 1. The molecular weight excluding hydrogens is 396 g/mol. The lowest BCUT2D eigenvalue weighted by atomic mass is 9.85. The molecule has 3 aromatic rings. The van der Waals surface area contributed by atoms with Gasteiger partial charge in [0.25, 0.3) is 0 Å². The Balaban J connectivity index is 1.17. The van der Waals surface area contributed by atoms with Crippen LogP contribution in [0.2, 0.25) is 0 Å². The van der Waals surface area contributed by atoms with Crippen LogP contribution in [0.1, 0.15) is 35.9 Å². The molecule has 0 atom stereocenters. The van der Waals surface area contributed by atoms with Crippen molar-refractivity contribution in [3.63, 3.8) is 0 Å². The number of hydrogen-bond acceptors (Lipinski definition) is 6. The minimum atomic E-state index is 0.0813. The van der Waals surface area contributed by atoms with E-state index in [0.29, 0.717) is 11.7 Å². The zero-order valence-electron chi connectivity index (χ0n) is 16.7. The highest BCUT2D eigenvalue weighted by molar-refractivity contribution is 7.10. The van der Waals surface area contributed by atoms with Crippen LogP contribution >= 0.6 is 11.3 Å². The number of amides is 1. The zero-order chi connectivity index (χ0) is 20.3. The van der Waals surface area contributed by atoms with Gasteiger partial charge in [-0.15, -0.1) is 11.3 Å². The van der Waals surface area contributed by atoms with E-state index in [9.17, 15) is 4.79 Å². The van der Waals surface area contributed by atoms with Crippen LogP contribution in [0.5, 0.6) is 0 Å². The molecule has 2 fully saturated rings. The molecule has 6 nitrogen and oxygen atoms in total. The van der Waals surface area contributed by atoms with Crippen LogP contribution in [0.25, 0.3) is 17.5 Å². The van der Waals surface area contributed by atoms with Gasteiger partial charge in [-0.1, -0.05) is 17.6 Å². The Hall–Kier alpha value is -2.93. The largest absolute Gasteiger partial charge is 0.368 e. The summed E-state index contributed by atoms with van der Waals surface area (Å²) in [4.78, 5) is 22.3. The van der Waals surface area contributed by atoms with Crippen molar-refractivity contribution in [2.45, 2.75) is 25.2 Å². The molecule has 0 bridgehead atoms. The third-order valence-electron chi connectivity index (χ3n) is 5.91. The molecule has 0 N–H and O–H groups in total. The van der Waals surface area contributed by atoms with Crippen LogP contribution in [-0.4, -0.2) is 47.1 Å². The maximum atomic E-state index is 12.4. The van der Waals surface area contributed by atoms with Gasteiger partial charge in [0.05, 0.1) is 0 Å². The molecule has 1 saturated heterocycles. The topological polar surface area (TPSA) is 62.5 Å². The Morgan fingerprint density at radius 2 is 1.90 bits per heavy atom. The monoisotopic (exact) mass is 420 g/mol. The Morgan fingerprint density at radius 1 is 1.10 bits per heavy atom. The third-order valence-corrected chi connectivity index (χ3v) is 6.75. The van der Waals surface area contributed by atoms with Crippen LogP contribution in [-0.2, 0) is 4.79 Å². The molecule has 1 aliphatic heterocycles. The molecule has 3 heterocycles. The van der Waals surface area contributed by atoms with Gasteiger partial charge in [0.15, 0.2) is 0 Å². The molecule has 1 saturated carbocycles. The highest BCUT2D eigenvalue weighted by Gasteiger charge is 2.25. The van der Waals surface area contributed by atoms with Gasteiger partial charge >= 0.3 is 0 Å². The lowest BCUT2D eigenvalue weighted by molar-refractivity contribution is -0.126. The van der Waals surface area contributed by atoms with Crippen LogP contribution in [0, 0.1) is 0 Å². The second-order valence-corrected chi connectivity index (χ2v) is 8.77. The van der Waals surface area contributed by atoms with Gasteiger partial charge in [0.1, 0.15) is 0 Å². The highest BCUT2D eigenvalue weighted by atomic mass is 32.1. The van der Waals surface area contributed by atoms with Gasteiger partial charge in [-0.2, -0.15) is 4.98 Å². The predicted molar refractivity (Wildman–Crippen MR) is 118 cm³/mol. The SMILES string of the molecule is O=C(/C=C/c1cccs1)N1CCN(c2ccc(-c3noc(C4CCC4)n3)cc2)CC1. The van der Waals surface area contributed by atoms with Crippen LogP contribution in [0.4, 0.5) is 5.69 Å². The van der Waals surface area contributed by atoms with E-state index in [1.165, 1.54) is 6.42 Å². The van der Waals surface area contributed by atoms with Gasteiger partial charge in [-0.25, -0.2) is 0 Å². The van der Waals surface area contributed by atoms with Crippen molar-refractivity contribution in [1.82, 2.24) is 15.0 Å². The van der Waals surface area contributed by atoms with Crippen molar-refractivity contribution in [3.05, 3.63) is 58.6 Å². The molecule has 0 unspecified atom stereocenters.